The largest absolute Gasteiger partial charge is 0.466 e. The van der Waals surface area contributed by atoms with Gasteiger partial charge >= 0.3 is 5.97 Å². The molecule has 0 aromatic heterocycles. The van der Waals surface area contributed by atoms with E-state index in [0.29, 0.717) is 19.4 Å². The number of nitrogens with one attached hydrogen (secondary N) is 1. The number of unbranched alkanes of at least 4 members (excludes halogenated alkanes) is 44. The number of esters is 1. The average Bonchev–Trinajstić information content (AvgIpc) is 3.40. The third-order valence-corrected chi connectivity index (χ3v) is 15.1. The summed E-state index contributed by atoms with van der Waals surface area (Å²) in [6, 6.07) is -0.626. The van der Waals surface area contributed by atoms with Gasteiger partial charge in [0, 0.05) is 12.8 Å². The Hall–Kier alpha value is -2.18. The van der Waals surface area contributed by atoms with Gasteiger partial charge in [0.25, 0.3) is 0 Å². The summed E-state index contributed by atoms with van der Waals surface area (Å²) in [5.74, 6) is -0.0643. The van der Waals surface area contributed by atoms with Gasteiger partial charge in [0.15, 0.2) is 0 Å². The number of amides is 1. The Morgan fingerprint density at radius 2 is 0.676 bits per heavy atom. The second kappa shape index (κ2) is 63.4. The number of aliphatic hydroxyl groups excluding tert-OH is 2. The van der Waals surface area contributed by atoms with Gasteiger partial charge in [0.2, 0.25) is 5.91 Å². The lowest BCUT2D eigenvalue weighted by Crippen LogP contribution is -2.45. The van der Waals surface area contributed by atoms with Crippen molar-refractivity contribution in [1.82, 2.24) is 5.32 Å². The number of allylic oxidation sites excluding steroid dienone is 7. The molecule has 0 spiro atoms. The molecule has 3 N–H and O–H groups in total. The Labute approximate surface area is 461 Å². The molecule has 2 unspecified atom stereocenters. The van der Waals surface area contributed by atoms with E-state index in [4.69, 9.17) is 4.74 Å². The van der Waals surface area contributed by atoms with E-state index in [0.717, 1.165) is 51.4 Å². The van der Waals surface area contributed by atoms with E-state index in [-0.39, 0.29) is 18.5 Å². The quantitative estimate of drug-likeness (QED) is 0.0320. The number of hydrogen-bond acceptors (Lipinski definition) is 5. The summed E-state index contributed by atoms with van der Waals surface area (Å²) in [4.78, 5) is 24.5. The van der Waals surface area contributed by atoms with Crippen LogP contribution >= 0.6 is 0 Å². The zero-order valence-electron chi connectivity index (χ0n) is 49.6. The molecule has 0 saturated heterocycles. The van der Waals surface area contributed by atoms with Crippen LogP contribution in [0.3, 0.4) is 0 Å². The maximum absolute atomic E-state index is 12.4. The Morgan fingerprint density at radius 1 is 0.378 bits per heavy atom. The molecule has 6 nitrogen and oxygen atoms in total. The van der Waals surface area contributed by atoms with E-state index >= 15 is 0 Å². The van der Waals surface area contributed by atoms with Crippen molar-refractivity contribution in [2.45, 2.75) is 360 Å². The van der Waals surface area contributed by atoms with Gasteiger partial charge in [-0.15, -0.1) is 0 Å². The summed E-state index contributed by atoms with van der Waals surface area (Å²) < 4.78 is 5.49. The van der Waals surface area contributed by atoms with Gasteiger partial charge in [-0.2, -0.15) is 0 Å². The molecule has 0 aliphatic carbocycles. The molecule has 0 aromatic carbocycles. The van der Waals surface area contributed by atoms with Crippen molar-refractivity contribution in [2.75, 3.05) is 13.2 Å². The third-order valence-electron chi connectivity index (χ3n) is 15.1. The first-order valence-corrected chi connectivity index (χ1v) is 32.9. The molecule has 0 aromatic rings. The van der Waals surface area contributed by atoms with Crippen molar-refractivity contribution >= 4 is 11.9 Å². The first-order chi connectivity index (χ1) is 36.5. The predicted octanol–water partition coefficient (Wildman–Crippen LogP) is 20.9. The summed E-state index contributed by atoms with van der Waals surface area (Å²) in [6.07, 6.45) is 81.8. The van der Waals surface area contributed by atoms with Gasteiger partial charge in [-0.25, -0.2) is 0 Å². The van der Waals surface area contributed by atoms with Gasteiger partial charge in [0.05, 0.1) is 25.4 Å². The highest BCUT2D eigenvalue weighted by atomic mass is 16.5. The Balaban J connectivity index is 3.37. The summed E-state index contributed by atoms with van der Waals surface area (Å²) in [5, 5.41) is 23.0. The Bertz CT molecular complexity index is 1240. The molecule has 0 saturated carbocycles. The minimum atomic E-state index is -0.842. The topological polar surface area (TPSA) is 95.9 Å². The molecular formula is C68H127NO5. The molecule has 0 aliphatic heterocycles. The lowest BCUT2D eigenvalue weighted by Gasteiger charge is -2.20. The van der Waals surface area contributed by atoms with Crippen LogP contribution in [0.2, 0.25) is 0 Å². The van der Waals surface area contributed by atoms with Crippen molar-refractivity contribution in [1.29, 1.82) is 0 Å². The minimum absolute atomic E-state index is 0.00307. The van der Waals surface area contributed by atoms with Gasteiger partial charge in [-0.1, -0.05) is 294 Å². The molecule has 0 bridgehead atoms. The van der Waals surface area contributed by atoms with E-state index in [2.05, 4.69) is 55.6 Å². The number of rotatable bonds is 61. The normalized spacial score (nSPS) is 12.9. The monoisotopic (exact) mass is 1040 g/mol. The van der Waals surface area contributed by atoms with Gasteiger partial charge < -0.3 is 20.3 Å². The van der Waals surface area contributed by atoms with E-state index in [1.807, 2.05) is 6.08 Å². The fourth-order valence-corrected chi connectivity index (χ4v) is 10.0. The van der Waals surface area contributed by atoms with E-state index < -0.39 is 12.1 Å². The molecule has 0 fully saturated rings. The second-order valence-corrected chi connectivity index (χ2v) is 22.4. The Morgan fingerprint density at radius 3 is 1.05 bits per heavy atom. The van der Waals surface area contributed by atoms with Crippen molar-refractivity contribution in [3.63, 3.8) is 0 Å². The van der Waals surface area contributed by atoms with Crippen LogP contribution in [0.4, 0.5) is 0 Å². The van der Waals surface area contributed by atoms with Crippen LogP contribution in [0, 0.1) is 0 Å². The zero-order valence-corrected chi connectivity index (χ0v) is 49.6. The number of aliphatic hydroxyl groups is 2. The lowest BCUT2D eigenvalue weighted by atomic mass is 10.0. The molecule has 434 valence electrons. The van der Waals surface area contributed by atoms with Crippen molar-refractivity contribution in [3.8, 4) is 0 Å². The van der Waals surface area contributed by atoms with Gasteiger partial charge in [0.1, 0.15) is 0 Å². The van der Waals surface area contributed by atoms with E-state index in [1.54, 1.807) is 6.08 Å². The molecule has 74 heavy (non-hydrogen) atoms. The smallest absolute Gasteiger partial charge is 0.305 e. The highest BCUT2D eigenvalue weighted by Gasteiger charge is 2.18. The molecule has 0 aliphatic rings. The molecule has 1 amide bonds. The zero-order chi connectivity index (χ0) is 53.6. The molecule has 0 radical (unpaired) electrons. The fraction of sp³-hybridized carbons (Fsp3) is 0.853. The van der Waals surface area contributed by atoms with Gasteiger partial charge in [-0.05, 0) is 89.9 Å². The molecule has 0 heterocycles. The number of carbonyl (C=O) groups excluding carboxylic acids is 2. The molecular weight excluding hydrogens is 911 g/mol. The highest BCUT2D eigenvalue weighted by Crippen LogP contribution is 2.17. The molecule has 2 atom stereocenters. The number of carbonyl (C=O) groups is 2. The summed E-state index contributed by atoms with van der Waals surface area (Å²) >= 11 is 0. The van der Waals surface area contributed by atoms with Gasteiger partial charge in [-0.3, -0.25) is 9.59 Å². The first-order valence-electron chi connectivity index (χ1n) is 32.9. The molecule has 6 heteroatoms. The fourth-order valence-electron chi connectivity index (χ4n) is 10.0. The van der Waals surface area contributed by atoms with E-state index in [1.165, 1.54) is 270 Å². The van der Waals surface area contributed by atoms with Crippen LogP contribution in [-0.4, -0.2) is 47.4 Å². The van der Waals surface area contributed by atoms with Crippen LogP contribution in [0.5, 0.6) is 0 Å². The van der Waals surface area contributed by atoms with Crippen molar-refractivity contribution in [3.05, 3.63) is 48.6 Å². The molecule has 0 rings (SSSR count). The SMILES string of the molecule is CCCCCC/C=C\C/C=C\CCCCCCCC(=O)OCCCCCCCCCCCCCC/C=C\CCCCCCCCCCCCCCCCC(=O)NC(CO)C(O)/C=C/CCCCCCCCCCC. The third kappa shape index (κ3) is 59.1. The summed E-state index contributed by atoms with van der Waals surface area (Å²) in [6.45, 7) is 4.88. The lowest BCUT2D eigenvalue weighted by molar-refractivity contribution is -0.143. The van der Waals surface area contributed by atoms with Crippen LogP contribution in [0.25, 0.3) is 0 Å². The van der Waals surface area contributed by atoms with Crippen LogP contribution in [-0.2, 0) is 14.3 Å². The van der Waals surface area contributed by atoms with Crippen LogP contribution in [0.15, 0.2) is 48.6 Å². The Kier molecular flexibility index (Phi) is 61.5. The summed E-state index contributed by atoms with van der Waals surface area (Å²) in [5.41, 5.74) is 0. The average molecular weight is 1040 g/mol. The van der Waals surface area contributed by atoms with E-state index in [9.17, 15) is 19.8 Å². The van der Waals surface area contributed by atoms with Crippen molar-refractivity contribution < 1.29 is 24.5 Å². The maximum Gasteiger partial charge on any atom is 0.305 e. The summed E-state index contributed by atoms with van der Waals surface area (Å²) in [7, 11) is 0. The standard InChI is InChI=1S/C68H127NO5/c1-3-5-7-9-11-13-15-16-17-35-38-42-46-50-54-58-62-68(73)74-63-59-55-51-47-43-39-36-33-31-29-27-25-23-21-19-18-20-22-24-26-28-30-32-34-37-41-45-49-53-57-61-67(72)69-65(64-70)66(71)60-56-52-48-44-40-14-12-10-8-6-4-2/h13,15,17,19,21,35,56,60,65-66,70-71H,3-12,14,16,18,20,22-34,36-55,57-59,61-64H2,1-2H3,(H,69,72)/b15-13-,21-19-,35-17-,60-56+. The highest BCUT2D eigenvalue weighted by molar-refractivity contribution is 5.76. The number of ether oxygens (including phenoxy) is 1. The predicted molar refractivity (Wildman–Crippen MR) is 324 cm³/mol. The second-order valence-electron chi connectivity index (χ2n) is 22.4. The minimum Gasteiger partial charge on any atom is -0.466 e. The number of hydrogen-bond donors (Lipinski definition) is 3. The van der Waals surface area contributed by atoms with Crippen molar-refractivity contribution in [2.24, 2.45) is 0 Å². The first kappa shape index (κ1) is 71.8. The van der Waals surface area contributed by atoms with Crippen LogP contribution in [0.1, 0.15) is 348 Å². The maximum atomic E-state index is 12.4. The van der Waals surface area contributed by atoms with Crippen LogP contribution < -0.4 is 5.32 Å².